The molecule has 1 atom stereocenters. The van der Waals surface area contributed by atoms with Gasteiger partial charge in [-0.2, -0.15) is 0 Å². The van der Waals surface area contributed by atoms with Gasteiger partial charge in [-0.3, -0.25) is 4.90 Å². The fraction of sp³-hybridized carbons (Fsp3) is 0.625. The Bertz CT molecular complexity index is 346. The second kappa shape index (κ2) is 8.31. The lowest BCUT2D eigenvalue weighted by Crippen LogP contribution is -2.38. The molecule has 2 N–H and O–H groups in total. The van der Waals surface area contributed by atoms with Crippen LogP contribution >= 0.6 is 0 Å². The molecule has 0 fully saturated rings. The highest BCUT2D eigenvalue weighted by Crippen LogP contribution is 2.19. The number of aliphatic hydroxyl groups excluding tert-OH is 2. The van der Waals surface area contributed by atoms with Gasteiger partial charge in [-0.05, 0) is 36.9 Å². The SMILES string of the molecule is CCC(C)c1ccc(CCN(C)C(CO)CO)cc1. The van der Waals surface area contributed by atoms with Crippen molar-refractivity contribution in [2.75, 3.05) is 26.8 Å². The summed E-state index contributed by atoms with van der Waals surface area (Å²) in [6.07, 6.45) is 2.10. The van der Waals surface area contributed by atoms with Gasteiger partial charge in [0, 0.05) is 6.54 Å². The minimum atomic E-state index is -0.153. The van der Waals surface area contributed by atoms with E-state index in [9.17, 15) is 0 Å². The minimum Gasteiger partial charge on any atom is -0.395 e. The molecule has 19 heavy (non-hydrogen) atoms. The van der Waals surface area contributed by atoms with Crippen molar-refractivity contribution in [1.82, 2.24) is 4.90 Å². The highest BCUT2D eigenvalue weighted by atomic mass is 16.3. The molecule has 0 aliphatic carbocycles. The Hall–Kier alpha value is -0.900. The number of aliphatic hydroxyl groups is 2. The third kappa shape index (κ3) is 4.94. The van der Waals surface area contributed by atoms with Gasteiger partial charge < -0.3 is 10.2 Å². The van der Waals surface area contributed by atoms with Crippen molar-refractivity contribution >= 4 is 0 Å². The first-order valence-corrected chi connectivity index (χ1v) is 7.13. The molecule has 0 aliphatic rings. The van der Waals surface area contributed by atoms with Crippen LogP contribution in [0.1, 0.15) is 37.3 Å². The molecule has 0 aliphatic heterocycles. The largest absolute Gasteiger partial charge is 0.395 e. The molecule has 3 nitrogen and oxygen atoms in total. The molecule has 3 heteroatoms. The van der Waals surface area contributed by atoms with E-state index < -0.39 is 0 Å². The summed E-state index contributed by atoms with van der Waals surface area (Å²) >= 11 is 0. The Labute approximate surface area is 116 Å². The Kier molecular flexibility index (Phi) is 7.06. The maximum Gasteiger partial charge on any atom is 0.0609 e. The molecule has 0 heterocycles. The van der Waals surface area contributed by atoms with Gasteiger partial charge in [-0.1, -0.05) is 38.1 Å². The fourth-order valence-electron chi connectivity index (χ4n) is 2.07. The lowest BCUT2D eigenvalue weighted by atomic mass is 9.97. The van der Waals surface area contributed by atoms with Crippen molar-refractivity contribution in [3.63, 3.8) is 0 Å². The summed E-state index contributed by atoms with van der Waals surface area (Å²) < 4.78 is 0. The molecule has 0 bridgehead atoms. The summed E-state index contributed by atoms with van der Waals surface area (Å²) in [5, 5.41) is 18.2. The number of hydrogen-bond acceptors (Lipinski definition) is 3. The Morgan fingerprint density at radius 3 is 2.16 bits per heavy atom. The highest BCUT2D eigenvalue weighted by molar-refractivity contribution is 5.25. The molecule has 1 unspecified atom stereocenters. The van der Waals surface area contributed by atoms with Crippen LogP contribution in [0.2, 0.25) is 0 Å². The third-order valence-electron chi connectivity index (χ3n) is 3.96. The first-order chi connectivity index (χ1) is 9.12. The van der Waals surface area contributed by atoms with Crippen LogP contribution in [-0.2, 0) is 6.42 Å². The molecule has 1 aromatic rings. The molecular formula is C16H27NO2. The standard InChI is InChI=1S/C16H27NO2/c1-4-13(2)15-7-5-14(6-8-15)9-10-17(3)16(11-18)12-19/h5-8,13,16,18-19H,4,9-12H2,1-3H3. The summed E-state index contributed by atoms with van der Waals surface area (Å²) in [6, 6.07) is 8.63. The summed E-state index contributed by atoms with van der Waals surface area (Å²) in [4.78, 5) is 2.00. The van der Waals surface area contributed by atoms with E-state index in [2.05, 4.69) is 38.1 Å². The van der Waals surface area contributed by atoms with Crippen molar-refractivity contribution in [2.45, 2.75) is 38.6 Å². The van der Waals surface area contributed by atoms with Crippen molar-refractivity contribution in [2.24, 2.45) is 0 Å². The van der Waals surface area contributed by atoms with Crippen LogP contribution in [0.5, 0.6) is 0 Å². The van der Waals surface area contributed by atoms with E-state index in [0.717, 1.165) is 19.4 Å². The van der Waals surface area contributed by atoms with E-state index in [1.807, 2.05) is 11.9 Å². The maximum absolute atomic E-state index is 9.12. The molecule has 0 saturated carbocycles. The Morgan fingerprint density at radius 1 is 1.11 bits per heavy atom. The number of benzene rings is 1. The Morgan fingerprint density at radius 2 is 1.68 bits per heavy atom. The van der Waals surface area contributed by atoms with Crippen molar-refractivity contribution < 1.29 is 10.2 Å². The minimum absolute atomic E-state index is 0.0000471. The van der Waals surface area contributed by atoms with E-state index >= 15 is 0 Å². The number of nitrogens with zero attached hydrogens (tertiary/aromatic N) is 1. The van der Waals surface area contributed by atoms with Gasteiger partial charge in [0.05, 0.1) is 19.3 Å². The smallest absolute Gasteiger partial charge is 0.0609 e. The van der Waals surface area contributed by atoms with E-state index in [1.165, 1.54) is 11.1 Å². The van der Waals surface area contributed by atoms with Gasteiger partial charge >= 0.3 is 0 Å². The summed E-state index contributed by atoms with van der Waals surface area (Å²) in [5.74, 6) is 0.616. The molecule has 0 saturated heterocycles. The van der Waals surface area contributed by atoms with E-state index in [1.54, 1.807) is 0 Å². The van der Waals surface area contributed by atoms with Crippen LogP contribution in [-0.4, -0.2) is 48.0 Å². The average molecular weight is 265 g/mol. The first kappa shape index (κ1) is 16.2. The van der Waals surface area contributed by atoms with Crippen LogP contribution < -0.4 is 0 Å². The van der Waals surface area contributed by atoms with E-state index in [-0.39, 0.29) is 19.3 Å². The van der Waals surface area contributed by atoms with Crippen LogP contribution in [0, 0.1) is 0 Å². The summed E-state index contributed by atoms with van der Waals surface area (Å²) in [6.45, 7) is 5.29. The average Bonchev–Trinajstić information content (AvgIpc) is 2.46. The van der Waals surface area contributed by atoms with Crippen molar-refractivity contribution in [3.8, 4) is 0 Å². The maximum atomic E-state index is 9.12. The molecule has 0 aromatic heterocycles. The van der Waals surface area contributed by atoms with Crippen LogP contribution in [0.4, 0.5) is 0 Å². The van der Waals surface area contributed by atoms with E-state index in [0.29, 0.717) is 5.92 Å². The number of hydrogen-bond donors (Lipinski definition) is 2. The van der Waals surface area contributed by atoms with Gasteiger partial charge in [0.1, 0.15) is 0 Å². The zero-order chi connectivity index (χ0) is 14.3. The summed E-state index contributed by atoms with van der Waals surface area (Å²) in [5.41, 5.74) is 2.69. The molecule has 1 rings (SSSR count). The first-order valence-electron chi connectivity index (χ1n) is 7.13. The zero-order valence-electron chi connectivity index (χ0n) is 12.3. The molecular weight excluding hydrogens is 238 g/mol. The normalized spacial score (nSPS) is 13.2. The third-order valence-corrected chi connectivity index (χ3v) is 3.96. The Balaban J connectivity index is 2.50. The highest BCUT2D eigenvalue weighted by Gasteiger charge is 2.12. The second-order valence-corrected chi connectivity index (χ2v) is 5.30. The van der Waals surface area contributed by atoms with Crippen LogP contribution in [0.3, 0.4) is 0 Å². The lowest BCUT2D eigenvalue weighted by molar-refractivity contribution is 0.0925. The zero-order valence-corrected chi connectivity index (χ0v) is 12.3. The lowest BCUT2D eigenvalue weighted by Gasteiger charge is -2.24. The van der Waals surface area contributed by atoms with Crippen molar-refractivity contribution in [3.05, 3.63) is 35.4 Å². The molecule has 0 radical (unpaired) electrons. The van der Waals surface area contributed by atoms with Gasteiger partial charge in [-0.25, -0.2) is 0 Å². The number of likely N-dealkylation sites (N-methyl/N-ethyl adjacent to an activating group) is 1. The summed E-state index contributed by atoms with van der Waals surface area (Å²) in [7, 11) is 1.94. The van der Waals surface area contributed by atoms with Crippen molar-refractivity contribution in [1.29, 1.82) is 0 Å². The topological polar surface area (TPSA) is 43.7 Å². The molecule has 1 aromatic carbocycles. The van der Waals surface area contributed by atoms with Gasteiger partial charge in [-0.15, -0.1) is 0 Å². The van der Waals surface area contributed by atoms with Crippen LogP contribution in [0.15, 0.2) is 24.3 Å². The van der Waals surface area contributed by atoms with Gasteiger partial charge in [0.2, 0.25) is 0 Å². The second-order valence-electron chi connectivity index (χ2n) is 5.30. The fourth-order valence-corrected chi connectivity index (χ4v) is 2.07. The quantitative estimate of drug-likeness (QED) is 0.756. The van der Waals surface area contributed by atoms with Gasteiger partial charge in [0.25, 0.3) is 0 Å². The van der Waals surface area contributed by atoms with Crippen LogP contribution in [0.25, 0.3) is 0 Å². The predicted molar refractivity (Wildman–Crippen MR) is 79.4 cm³/mol. The molecule has 0 spiro atoms. The molecule has 108 valence electrons. The predicted octanol–water partition coefficient (Wildman–Crippen LogP) is 2.03. The molecule has 0 amide bonds. The van der Waals surface area contributed by atoms with Gasteiger partial charge in [0.15, 0.2) is 0 Å². The number of rotatable bonds is 8. The monoisotopic (exact) mass is 265 g/mol. The van der Waals surface area contributed by atoms with E-state index in [4.69, 9.17) is 10.2 Å².